The lowest BCUT2D eigenvalue weighted by atomic mass is 9.72. The zero-order valence-corrected chi connectivity index (χ0v) is 17.8. The Morgan fingerprint density at radius 2 is 1.93 bits per heavy atom. The number of sulfonamides is 1. The van der Waals surface area contributed by atoms with Gasteiger partial charge in [0.25, 0.3) is 0 Å². The number of benzene rings is 1. The molecule has 150 valence electrons. The van der Waals surface area contributed by atoms with E-state index < -0.39 is 27.2 Å². The maximum Gasteiger partial charge on any atom is 0.237 e. The van der Waals surface area contributed by atoms with E-state index in [-0.39, 0.29) is 0 Å². The molecule has 5 nitrogen and oxygen atoms in total. The van der Waals surface area contributed by atoms with Gasteiger partial charge in [-0.3, -0.25) is 4.79 Å². The molecule has 1 N–H and O–H groups in total. The smallest absolute Gasteiger partial charge is 0.237 e. The summed E-state index contributed by atoms with van der Waals surface area (Å²) in [7, 11) is -3.57. The average Bonchev–Trinajstić information content (AvgIpc) is 2.55. The molecular formula is C19H26Cl2N2O3S. The van der Waals surface area contributed by atoms with Gasteiger partial charge in [-0.15, -0.1) is 0 Å². The molecule has 1 heterocycles. The summed E-state index contributed by atoms with van der Waals surface area (Å²) in [5, 5.41) is 4.12. The standard InChI is InChI=1S/C19H26Cl2N2O3S/c1-14-5-9-23(10-6-14)27(25,26)13-18(24)22-19(7-2-8-19)12-15-3-4-16(20)11-17(15)21/h3-4,11,14H,2,5-10,12-13H2,1H3,(H,22,24). The number of hydrogen-bond donors (Lipinski definition) is 1. The molecule has 0 spiro atoms. The van der Waals surface area contributed by atoms with E-state index in [0.717, 1.165) is 37.7 Å². The summed E-state index contributed by atoms with van der Waals surface area (Å²) in [6.07, 6.45) is 4.91. The second-order valence-corrected chi connectivity index (χ2v) is 10.7. The van der Waals surface area contributed by atoms with Gasteiger partial charge in [-0.1, -0.05) is 36.2 Å². The van der Waals surface area contributed by atoms with Gasteiger partial charge in [-0.25, -0.2) is 12.7 Å². The van der Waals surface area contributed by atoms with Crippen LogP contribution in [0.4, 0.5) is 0 Å². The summed E-state index contributed by atoms with van der Waals surface area (Å²) >= 11 is 12.2. The molecule has 8 heteroatoms. The quantitative estimate of drug-likeness (QED) is 0.745. The molecule has 1 saturated heterocycles. The number of halogens is 2. The lowest BCUT2D eigenvalue weighted by molar-refractivity contribution is -0.121. The van der Waals surface area contributed by atoms with Crippen molar-refractivity contribution in [3.8, 4) is 0 Å². The Bertz CT molecular complexity index is 801. The second-order valence-electron chi connectivity index (χ2n) is 7.93. The molecule has 0 unspecified atom stereocenters. The number of rotatable bonds is 6. The first-order valence-electron chi connectivity index (χ1n) is 9.42. The highest BCUT2D eigenvalue weighted by Gasteiger charge is 2.40. The van der Waals surface area contributed by atoms with E-state index in [1.807, 2.05) is 6.07 Å². The van der Waals surface area contributed by atoms with E-state index in [4.69, 9.17) is 23.2 Å². The summed E-state index contributed by atoms with van der Waals surface area (Å²) in [5.41, 5.74) is 0.495. The number of nitrogens with one attached hydrogen (secondary N) is 1. The molecule has 1 amide bonds. The summed E-state index contributed by atoms with van der Waals surface area (Å²) in [6, 6.07) is 5.33. The van der Waals surface area contributed by atoms with Gasteiger partial charge in [0.15, 0.2) is 0 Å². The molecule has 1 aliphatic heterocycles. The first kappa shape index (κ1) is 20.9. The number of amides is 1. The van der Waals surface area contributed by atoms with Crippen molar-refractivity contribution in [2.24, 2.45) is 5.92 Å². The molecule has 2 aliphatic rings. The Morgan fingerprint density at radius 1 is 1.26 bits per heavy atom. The molecule has 1 saturated carbocycles. The Kier molecular flexibility index (Phi) is 6.41. The molecule has 2 fully saturated rings. The summed E-state index contributed by atoms with van der Waals surface area (Å²) in [5.74, 6) is -0.386. The maximum atomic E-state index is 12.6. The van der Waals surface area contributed by atoms with Crippen LogP contribution in [0, 0.1) is 5.92 Å². The van der Waals surface area contributed by atoms with Crippen molar-refractivity contribution < 1.29 is 13.2 Å². The Balaban J connectivity index is 1.63. The van der Waals surface area contributed by atoms with Crippen molar-refractivity contribution >= 4 is 39.1 Å². The van der Waals surface area contributed by atoms with Crippen LogP contribution < -0.4 is 5.32 Å². The second kappa shape index (κ2) is 8.27. The summed E-state index contributed by atoms with van der Waals surface area (Å²) in [6.45, 7) is 3.13. The highest BCUT2D eigenvalue weighted by atomic mass is 35.5. The zero-order chi connectivity index (χ0) is 19.7. The Hall–Kier alpha value is -0.820. The van der Waals surface area contributed by atoms with Crippen LogP contribution in [-0.4, -0.2) is 43.0 Å². The number of nitrogens with zero attached hydrogens (tertiary/aromatic N) is 1. The van der Waals surface area contributed by atoms with E-state index in [1.54, 1.807) is 12.1 Å². The molecule has 0 bridgehead atoms. The van der Waals surface area contributed by atoms with Crippen LogP contribution in [-0.2, 0) is 21.2 Å². The molecule has 27 heavy (non-hydrogen) atoms. The fourth-order valence-electron chi connectivity index (χ4n) is 3.83. The maximum absolute atomic E-state index is 12.6. The molecule has 3 rings (SSSR count). The lowest BCUT2D eigenvalue weighted by Crippen LogP contribution is -2.57. The first-order chi connectivity index (χ1) is 12.7. The third-order valence-electron chi connectivity index (χ3n) is 5.71. The average molecular weight is 433 g/mol. The molecule has 0 aromatic heterocycles. The van der Waals surface area contributed by atoms with Gasteiger partial charge < -0.3 is 5.32 Å². The van der Waals surface area contributed by atoms with Crippen LogP contribution >= 0.6 is 23.2 Å². The first-order valence-corrected chi connectivity index (χ1v) is 11.8. The monoisotopic (exact) mass is 432 g/mol. The van der Waals surface area contributed by atoms with Gasteiger partial charge in [0.2, 0.25) is 15.9 Å². The van der Waals surface area contributed by atoms with Gasteiger partial charge in [0, 0.05) is 28.7 Å². The summed E-state index contributed by atoms with van der Waals surface area (Å²) < 4.78 is 26.6. The van der Waals surface area contributed by atoms with Crippen LogP contribution in [0.2, 0.25) is 10.0 Å². The van der Waals surface area contributed by atoms with Crippen molar-refractivity contribution in [1.29, 1.82) is 0 Å². The number of carbonyl (C=O) groups excluding carboxylic acids is 1. The van der Waals surface area contributed by atoms with Gasteiger partial charge in [0.05, 0.1) is 0 Å². The van der Waals surface area contributed by atoms with Crippen molar-refractivity contribution in [3.05, 3.63) is 33.8 Å². The predicted molar refractivity (Wildman–Crippen MR) is 109 cm³/mol. The van der Waals surface area contributed by atoms with E-state index in [0.29, 0.717) is 35.5 Å². The third kappa shape index (κ3) is 5.17. The minimum Gasteiger partial charge on any atom is -0.349 e. The lowest BCUT2D eigenvalue weighted by Gasteiger charge is -2.43. The number of carbonyl (C=O) groups is 1. The fraction of sp³-hybridized carbons (Fsp3) is 0.632. The molecule has 1 aromatic rings. The van der Waals surface area contributed by atoms with E-state index in [2.05, 4.69) is 12.2 Å². The van der Waals surface area contributed by atoms with E-state index in [9.17, 15) is 13.2 Å². The minimum absolute atomic E-state index is 0.416. The highest BCUT2D eigenvalue weighted by molar-refractivity contribution is 7.89. The highest BCUT2D eigenvalue weighted by Crippen LogP contribution is 2.37. The van der Waals surface area contributed by atoms with Crippen molar-refractivity contribution in [3.63, 3.8) is 0 Å². The fourth-order valence-corrected chi connectivity index (χ4v) is 5.66. The molecule has 0 radical (unpaired) electrons. The molecular weight excluding hydrogens is 407 g/mol. The van der Waals surface area contributed by atoms with Crippen LogP contribution in [0.5, 0.6) is 0 Å². The largest absolute Gasteiger partial charge is 0.349 e. The SMILES string of the molecule is CC1CCN(S(=O)(=O)CC(=O)NC2(Cc3ccc(Cl)cc3Cl)CCC2)CC1. The molecule has 0 atom stereocenters. The topological polar surface area (TPSA) is 66.5 Å². The third-order valence-corrected chi connectivity index (χ3v) is 8.07. The van der Waals surface area contributed by atoms with Crippen molar-refractivity contribution in [2.75, 3.05) is 18.8 Å². The predicted octanol–water partition coefficient (Wildman–Crippen LogP) is 3.64. The van der Waals surface area contributed by atoms with Gasteiger partial charge in [-0.05, 0) is 62.1 Å². The Morgan fingerprint density at radius 3 is 2.48 bits per heavy atom. The van der Waals surface area contributed by atoms with Gasteiger partial charge in [0.1, 0.15) is 5.75 Å². The van der Waals surface area contributed by atoms with Crippen LogP contribution in [0.1, 0.15) is 44.6 Å². The van der Waals surface area contributed by atoms with Crippen molar-refractivity contribution in [1.82, 2.24) is 9.62 Å². The van der Waals surface area contributed by atoms with E-state index >= 15 is 0 Å². The van der Waals surface area contributed by atoms with Gasteiger partial charge in [-0.2, -0.15) is 0 Å². The number of hydrogen-bond acceptors (Lipinski definition) is 3. The van der Waals surface area contributed by atoms with Crippen LogP contribution in [0.3, 0.4) is 0 Å². The zero-order valence-electron chi connectivity index (χ0n) is 15.5. The normalized spacial score (nSPS) is 20.9. The van der Waals surface area contributed by atoms with Gasteiger partial charge >= 0.3 is 0 Å². The van der Waals surface area contributed by atoms with Crippen LogP contribution in [0.15, 0.2) is 18.2 Å². The van der Waals surface area contributed by atoms with E-state index in [1.165, 1.54) is 4.31 Å². The summed E-state index contributed by atoms with van der Waals surface area (Å²) in [4.78, 5) is 12.5. The molecule has 1 aromatic carbocycles. The van der Waals surface area contributed by atoms with Crippen LogP contribution in [0.25, 0.3) is 0 Å². The minimum atomic E-state index is -3.57. The number of piperidine rings is 1. The van der Waals surface area contributed by atoms with Crippen molar-refractivity contribution in [2.45, 2.75) is 51.0 Å². The Labute approximate surface area is 171 Å². The molecule has 1 aliphatic carbocycles.